The number of hydrogen-bond donors (Lipinski definition) is 0. The summed E-state index contributed by atoms with van der Waals surface area (Å²) in [5, 5.41) is 4.07. The van der Waals surface area contributed by atoms with Gasteiger partial charge in [-0.1, -0.05) is 60.1 Å². The van der Waals surface area contributed by atoms with Crippen LogP contribution < -0.4 is 0 Å². The van der Waals surface area contributed by atoms with Gasteiger partial charge in [-0.05, 0) is 30.3 Å². The maximum Gasteiger partial charge on any atom is 0.435 e. The molecule has 0 N–H and O–H groups in total. The number of hydrogen-bond acceptors (Lipinski definition) is 3. The lowest BCUT2D eigenvalue weighted by molar-refractivity contribution is -0.140. The second kappa shape index (κ2) is 8.11. The summed E-state index contributed by atoms with van der Waals surface area (Å²) >= 11 is 6.30. The zero-order chi connectivity index (χ0) is 23.1. The Morgan fingerprint density at radius 2 is 1.47 bits per heavy atom. The highest BCUT2D eigenvalue weighted by molar-refractivity contribution is 7.90. The van der Waals surface area contributed by atoms with Crippen molar-refractivity contribution >= 4 is 21.4 Å². The maximum atomic E-state index is 14.1. The molecule has 0 saturated heterocycles. The molecule has 4 nitrogen and oxygen atoms in total. The molecule has 4 aromatic rings. The van der Waals surface area contributed by atoms with Gasteiger partial charge in [0.05, 0.1) is 16.3 Å². The van der Waals surface area contributed by atoms with E-state index < -0.39 is 21.7 Å². The number of sulfone groups is 1. The second-order valence-electron chi connectivity index (χ2n) is 7.09. The molecule has 0 saturated carbocycles. The third kappa shape index (κ3) is 4.16. The molecule has 0 unspecified atom stereocenters. The van der Waals surface area contributed by atoms with E-state index in [1.807, 2.05) is 0 Å². The molecule has 1 aromatic heterocycles. The van der Waals surface area contributed by atoms with E-state index in [-0.39, 0.29) is 26.7 Å². The number of aromatic nitrogens is 2. The minimum Gasteiger partial charge on any atom is -0.232 e. The fourth-order valence-electron chi connectivity index (χ4n) is 3.42. The van der Waals surface area contributed by atoms with Gasteiger partial charge < -0.3 is 0 Å². The van der Waals surface area contributed by atoms with Crippen molar-refractivity contribution in [1.82, 2.24) is 9.78 Å². The summed E-state index contributed by atoms with van der Waals surface area (Å²) in [6.07, 6.45) is -3.69. The lowest BCUT2D eigenvalue weighted by Gasteiger charge is -2.12. The Morgan fingerprint density at radius 3 is 2.03 bits per heavy atom. The molecule has 0 radical (unpaired) electrons. The third-order valence-corrected chi connectivity index (χ3v) is 6.31. The van der Waals surface area contributed by atoms with Crippen molar-refractivity contribution < 1.29 is 21.6 Å². The Balaban J connectivity index is 2.10. The number of benzene rings is 3. The predicted molar refractivity (Wildman–Crippen MR) is 118 cm³/mol. The first kappa shape index (κ1) is 22.1. The number of rotatable bonds is 4. The largest absolute Gasteiger partial charge is 0.435 e. The molecule has 4 rings (SSSR count). The Morgan fingerprint density at radius 1 is 0.875 bits per heavy atom. The zero-order valence-corrected chi connectivity index (χ0v) is 18.2. The molecule has 3 aromatic carbocycles. The molecule has 0 amide bonds. The normalized spacial score (nSPS) is 12.2. The summed E-state index contributed by atoms with van der Waals surface area (Å²) < 4.78 is 67.3. The molecule has 0 fully saturated rings. The molecule has 0 bridgehead atoms. The summed E-state index contributed by atoms with van der Waals surface area (Å²) in [6, 6.07) is 20.3. The maximum absolute atomic E-state index is 14.1. The van der Waals surface area contributed by atoms with Crippen LogP contribution in [0.2, 0.25) is 5.02 Å². The van der Waals surface area contributed by atoms with Crippen LogP contribution in [-0.2, 0) is 16.0 Å². The lowest BCUT2D eigenvalue weighted by Crippen LogP contribution is -2.08. The highest BCUT2D eigenvalue weighted by Crippen LogP contribution is 2.45. The van der Waals surface area contributed by atoms with Crippen molar-refractivity contribution in [2.45, 2.75) is 11.1 Å². The van der Waals surface area contributed by atoms with Crippen LogP contribution in [0.15, 0.2) is 83.8 Å². The highest BCUT2D eigenvalue weighted by Gasteiger charge is 2.40. The van der Waals surface area contributed by atoms with Gasteiger partial charge in [0.25, 0.3) is 0 Å². The van der Waals surface area contributed by atoms with E-state index >= 15 is 0 Å². The second-order valence-corrected chi connectivity index (χ2v) is 9.52. The van der Waals surface area contributed by atoms with Gasteiger partial charge in [-0.15, -0.1) is 0 Å². The van der Waals surface area contributed by atoms with Crippen LogP contribution in [0.4, 0.5) is 13.2 Å². The van der Waals surface area contributed by atoms with Gasteiger partial charge in [-0.2, -0.15) is 18.3 Å². The van der Waals surface area contributed by atoms with Crippen molar-refractivity contribution in [3.8, 4) is 28.1 Å². The van der Waals surface area contributed by atoms with E-state index in [4.69, 9.17) is 11.6 Å². The smallest absolute Gasteiger partial charge is 0.232 e. The van der Waals surface area contributed by atoms with Gasteiger partial charge in [-0.3, -0.25) is 0 Å². The fourth-order valence-corrected chi connectivity index (χ4v) is 4.28. The number of alkyl halides is 3. The minimum absolute atomic E-state index is 0.0577. The Bertz CT molecular complexity index is 1380. The first-order chi connectivity index (χ1) is 15.1. The molecular formula is C23H16ClF3N2O2S. The first-order valence-electron chi connectivity index (χ1n) is 9.38. The number of nitrogens with zero attached hydrogens (tertiary/aromatic N) is 2. The summed E-state index contributed by atoms with van der Waals surface area (Å²) in [5.41, 5.74) is -0.170. The van der Waals surface area contributed by atoms with E-state index in [2.05, 4.69) is 5.10 Å². The van der Waals surface area contributed by atoms with Crippen LogP contribution in [0.1, 0.15) is 5.69 Å². The molecule has 0 aliphatic rings. The monoisotopic (exact) mass is 476 g/mol. The molecular weight excluding hydrogens is 461 g/mol. The van der Waals surface area contributed by atoms with Crippen molar-refractivity contribution in [2.75, 3.05) is 6.26 Å². The Hall–Kier alpha value is -3.10. The molecule has 1 heterocycles. The topological polar surface area (TPSA) is 52.0 Å². The minimum atomic E-state index is -4.75. The van der Waals surface area contributed by atoms with E-state index in [0.29, 0.717) is 11.3 Å². The van der Waals surface area contributed by atoms with E-state index in [1.165, 1.54) is 41.1 Å². The summed E-state index contributed by atoms with van der Waals surface area (Å²) in [6.45, 7) is 0. The average molecular weight is 477 g/mol. The van der Waals surface area contributed by atoms with Crippen molar-refractivity contribution in [2.24, 2.45) is 0 Å². The van der Waals surface area contributed by atoms with Crippen molar-refractivity contribution in [3.05, 3.63) is 89.6 Å². The Kier molecular flexibility index (Phi) is 5.60. The van der Waals surface area contributed by atoms with Crippen LogP contribution in [0.3, 0.4) is 0 Å². The van der Waals surface area contributed by atoms with Crippen LogP contribution in [0.25, 0.3) is 28.1 Å². The summed E-state index contributed by atoms with van der Waals surface area (Å²) in [5.74, 6) is 0. The number of para-hydroxylation sites is 1. The van der Waals surface area contributed by atoms with Crippen molar-refractivity contribution in [1.29, 1.82) is 0 Å². The van der Waals surface area contributed by atoms with E-state index in [1.54, 1.807) is 42.5 Å². The third-order valence-electron chi connectivity index (χ3n) is 4.85. The van der Waals surface area contributed by atoms with Crippen LogP contribution in [0, 0.1) is 0 Å². The molecule has 0 aliphatic carbocycles. The fraction of sp³-hybridized carbons (Fsp3) is 0.0870. The lowest BCUT2D eigenvalue weighted by atomic mass is 9.98. The van der Waals surface area contributed by atoms with Gasteiger partial charge in [0.2, 0.25) is 0 Å². The quantitative estimate of drug-likeness (QED) is 0.348. The molecule has 164 valence electrons. The van der Waals surface area contributed by atoms with E-state index in [9.17, 15) is 21.6 Å². The van der Waals surface area contributed by atoms with Gasteiger partial charge in [-0.25, -0.2) is 13.1 Å². The Labute approximate surface area is 187 Å². The summed E-state index contributed by atoms with van der Waals surface area (Å²) in [7, 11) is -3.47. The van der Waals surface area contributed by atoms with E-state index in [0.717, 1.165) is 6.26 Å². The van der Waals surface area contributed by atoms with Crippen LogP contribution in [-0.4, -0.2) is 24.5 Å². The van der Waals surface area contributed by atoms with Crippen molar-refractivity contribution in [3.63, 3.8) is 0 Å². The predicted octanol–water partition coefficient (Wildman–Crippen LogP) is 6.28. The zero-order valence-electron chi connectivity index (χ0n) is 16.6. The van der Waals surface area contributed by atoms with Crippen LogP contribution in [0.5, 0.6) is 0 Å². The molecule has 0 spiro atoms. The highest BCUT2D eigenvalue weighted by atomic mass is 35.5. The summed E-state index contributed by atoms with van der Waals surface area (Å²) in [4.78, 5) is 0.0577. The first-order valence-corrected chi connectivity index (χ1v) is 11.7. The van der Waals surface area contributed by atoms with Gasteiger partial charge in [0.15, 0.2) is 15.5 Å². The van der Waals surface area contributed by atoms with Crippen LogP contribution >= 0.6 is 11.6 Å². The van der Waals surface area contributed by atoms with Gasteiger partial charge in [0, 0.05) is 28.0 Å². The standard InChI is InChI=1S/C23H16ClF3N2O2S/c1-32(30,31)17-13-11-15(12-14-17)21-20(18-9-5-6-10-19(18)24)22(23(25,26)27)28-29(21)16-7-3-2-4-8-16/h2-14H,1H3. The molecule has 0 aliphatic heterocycles. The number of halogens is 4. The molecule has 0 atom stereocenters. The average Bonchev–Trinajstić information content (AvgIpc) is 3.15. The van der Waals surface area contributed by atoms with Gasteiger partial charge in [0.1, 0.15) is 0 Å². The van der Waals surface area contributed by atoms with Gasteiger partial charge >= 0.3 is 6.18 Å². The molecule has 9 heteroatoms. The SMILES string of the molecule is CS(=O)(=O)c1ccc(-c2c(-c3ccccc3Cl)c(C(F)(F)F)nn2-c2ccccc2)cc1. The molecule has 32 heavy (non-hydrogen) atoms.